The third-order valence-corrected chi connectivity index (χ3v) is 6.43. The number of nitrogens with one attached hydrogen (secondary N) is 3. The lowest BCUT2D eigenvalue weighted by molar-refractivity contribution is -0.117. The highest BCUT2D eigenvalue weighted by atomic mass is 16.5. The number of aryl methyl sites for hydroxylation is 1. The number of benzene rings is 3. The number of aromatic amines is 1. The minimum Gasteiger partial charge on any atom is -0.496 e. The van der Waals surface area contributed by atoms with E-state index in [-0.39, 0.29) is 11.6 Å². The van der Waals surface area contributed by atoms with Gasteiger partial charge in [0, 0.05) is 53.4 Å². The quantitative estimate of drug-likeness (QED) is 0.272. The van der Waals surface area contributed by atoms with Crippen molar-refractivity contribution in [1.29, 1.82) is 0 Å². The molecule has 0 fully saturated rings. The van der Waals surface area contributed by atoms with E-state index in [1.807, 2.05) is 66.5 Å². The van der Waals surface area contributed by atoms with E-state index in [1.165, 1.54) is 7.11 Å². The normalized spacial score (nSPS) is 11.6. The summed E-state index contributed by atoms with van der Waals surface area (Å²) in [5, 5.41) is 7.91. The number of ether oxygens (including phenoxy) is 1. The van der Waals surface area contributed by atoms with Crippen LogP contribution in [0, 0.1) is 0 Å². The fraction of sp³-hybridized carbons (Fsp3) is 0.133. The van der Waals surface area contributed by atoms with E-state index in [0.717, 1.165) is 32.9 Å². The lowest BCUT2D eigenvalue weighted by Gasteiger charge is -2.13. The first kappa shape index (κ1) is 23.9. The molecule has 186 valence electrons. The molecule has 5 rings (SSSR count). The van der Waals surface area contributed by atoms with Gasteiger partial charge in [0.1, 0.15) is 11.4 Å². The number of nitrogens with zero attached hydrogens (tertiary/aromatic N) is 1. The van der Waals surface area contributed by atoms with Crippen molar-refractivity contribution in [2.45, 2.75) is 6.42 Å². The van der Waals surface area contributed by atoms with E-state index in [0.29, 0.717) is 24.3 Å². The molecule has 0 aliphatic rings. The van der Waals surface area contributed by atoms with Gasteiger partial charge in [-0.1, -0.05) is 48.5 Å². The highest BCUT2D eigenvalue weighted by molar-refractivity contribution is 6.07. The average Bonchev–Trinajstić information content (AvgIpc) is 3.49. The summed E-state index contributed by atoms with van der Waals surface area (Å²) in [5.74, 6) is -0.351. The summed E-state index contributed by atoms with van der Waals surface area (Å²) in [6.45, 7) is 0.415. The number of carbonyl (C=O) groups is 2. The van der Waals surface area contributed by atoms with Crippen LogP contribution in [0.2, 0.25) is 0 Å². The Morgan fingerprint density at radius 1 is 0.973 bits per heavy atom. The van der Waals surface area contributed by atoms with Gasteiger partial charge in [-0.05, 0) is 42.3 Å². The molecule has 0 spiro atoms. The molecule has 0 atom stereocenters. The molecule has 0 unspecified atom stereocenters. The van der Waals surface area contributed by atoms with Crippen LogP contribution in [0.1, 0.15) is 21.5 Å². The second kappa shape index (κ2) is 10.5. The molecule has 0 aliphatic heterocycles. The number of rotatable bonds is 8. The SMILES string of the molecule is COc1ccccc1C(=O)N/C(=C/c1cn(C)c2ccccc12)C(=O)NCCc1c[nH]c2ccccc12. The number of fused-ring (bicyclic) bond motifs is 2. The minimum atomic E-state index is -0.421. The van der Waals surface area contributed by atoms with E-state index < -0.39 is 5.91 Å². The van der Waals surface area contributed by atoms with Crippen molar-refractivity contribution in [2.24, 2.45) is 7.05 Å². The van der Waals surface area contributed by atoms with Crippen molar-refractivity contribution in [3.8, 4) is 5.75 Å². The van der Waals surface area contributed by atoms with Crippen LogP contribution in [0.3, 0.4) is 0 Å². The zero-order chi connectivity index (χ0) is 25.8. The fourth-order valence-electron chi connectivity index (χ4n) is 4.57. The number of H-pyrrole nitrogens is 1. The summed E-state index contributed by atoms with van der Waals surface area (Å²) >= 11 is 0. The highest BCUT2D eigenvalue weighted by Gasteiger charge is 2.18. The van der Waals surface area contributed by atoms with Gasteiger partial charge in [-0.2, -0.15) is 0 Å². The molecule has 2 amide bonds. The Morgan fingerprint density at radius 2 is 1.70 bits per heavy atom. The van der Waals surface area contributed by atoms with Gasteiger partial charge in [-0.25, -0.2) is 0 Å². The Labute approximate surface area is 214 Å². The van der Waals surface area contributed by atoms with Gasteiger partial charge >= 0.3 is 0 Å². The number of aromatic nitrogens is 2. The predicted molar refractivity (Wildman–Crippen MR) is 146 cm³/mol. The second-order valence-corrected chi connectivity index (χ2v) is 8.79. The van der Waals surface area contributed by atoms with Crippen molar-refractivity contribution in [2.75, 3.05) is 13.7 Å². The Hall–Kier alpha value is -4.78. The van der Waals surface area contributed by atoms with Crippen LogP contribution < -0.4 is 15.4 Å². The molecule has 3 N–H and O–H groups in total. The van der Waals surface area contributed by atoms with Crippen LogP contribution >= 0.6 is 0 Å². The Balaban J connectivity index is 1.41. The lowest BCUT2D eigenvalue weighted by atomic mass is 10.1. The van der Waals surface area contributed by atoms with Gasteiger partial charge in [-0.15, -0.1) is 0 Å². The Morgan fingerprint density at radius 3 is 2.54 bits per heavy atom. The van der Waals surface area contributed by atoms with Gasteiger partial charge in [0.15, 0.2) is 0 Å². The maximum absolute atomic E-state index is 13.4. The molecule has 0 saturated carbocycles. The molecule has 2 aromatic heterocycles. The van der Waals surface area contributed by atoms with Crippen LogP contribution in [0.25, 0.3) is 27.9 Å². The number of carbonyl (C=O) groups excluding carboxylic acids is 2. The first-order valence-corrected chi connectivity index (χ1v) is 12.1. The Bertz CT molecular complexity index is 1630. The largest absolute Gasteiger partial charge is 0.496 e. The highest BCUT2D eigenvalue weighted by Crippen LogP contribution is 2.23. The first-order chi connectivity index (χ1) is 18.0. The van der Waals surface area contributed by atoms with Gasteiger partial charge in [0.05, 0.1) is 12.7 Å². The number of para-hydroxylation sites is 3. The van der Waals surface area contributed by atoms with Crippen molar-refractivity contribution in [3.63, 3.8) is 0 Å². The van der Waals surface area contributed by atoms with Gasteiger partial charge < -0.3 is 24.9 Å². The Kier molecular flexibility index (Phi) is 6.76. The van der Waals surface area contributed by atoms with Crippen LogP contribution in [-0.4, -0.2) is 35.0 Å². The first-order valence-electron chi connectivity index (χ1n) is 12.1. The lowest BCUT2D eigenvalue weighted by Crippen LogP contribution is -2.35. The minimum absolute atomic E-state index is 0.159. The zero-order valence-corrected chi connectivity index (χ0v) is 20.7. The molecule has 3 aromatic carbocycles. The standard InChI is InChI=1S/C30H28N4O3/c1-34-19-21(23-10-4-7-13-27(23)34)17-26(33-29(35)24-11-5-8-14-28(24)37-2)30(36)31-16-15-20-18-32-25-12-6-3-9-22(20)25/h3-14,17-19,32H,15-16H2,1-2H3,(H,31,36)(H,33,35)/b26-17+. The van der Waals surface area contributed by atoms with E-state index in [4.69, 9.17) is 4.74 Å². The van der Waals surface area contributed by atoms with Gasteiger partial charge in [0.25, 0.3) is 11.8 Å². The van der Waals surface area contributed by atoms with Crippen LogP contribution in [-0.2, 0) is 18.3 Å². The fourth-order valence-corrected chi connectivity index (χ4v) is 4.57. The molecule has 2 heterocycles. The number of hydrogen-bond acceptors (Lipinski definition) is 3. The summed E-state index contributed by atoms with van der Waals surface area (Å²) < 4.78 is 7.34. The number of amides is 2. The van der Waals surface area contributed by atoms with Crippen molar-refractivity contribution >= 4 is 39.7 Å². The molecular formula is C30H28N4O3. The van der Waals surface area contributed by atoms with Gasteiger partial charge in [0.2, 0.25) is 0 Å². The number of hydrogen-bond donors (Lipinski definition) is 3. The topological polar surface area (TPSA) is 88.2 Å². The van der Waals surface area contributed by atoms with Crippen LogP contribution in [0.4, 0.5) is 0 Å². The summed E-state index contributed by atoms with van der Waals surface area (Å²) in [4.78, 5) is 29.8. The predicted octanol–water partition coefficient (Wildman–Crippen LogP) is 4.80. The van der Waals surface area contributed by atoms with Crippen molar-refractivity contribution < 1.29 is 14.3 Å². The second-order valence-electron chi connectivity index (χ2n) is 8.79. The molecule has 0 bridgehead atoms. The maximum Gasteiger partial charge on any atom is 0.267 e. The molecule has 37 heavy (non-hydrogen) atoms. The third-order valence-electron chi connectivity index (χ3n) is 6.43. The summed E-state index contributed by atoms with van der Waals surface area (Å²) in [5.41, 5.74) is 4.55. The molecule has 7 heteroatoms. The summed E-state index contributed by atoms with van der Waals surface area (Å²) in [7, 11) is 3.46. The van der Waals surface area contributed by atoms with E-state index in [2.05, 4.69) is 21.7 Å². The van der Waals surface area contributed by atoms with Crippen molar-refractivity contribution in [1.82, 2.24) is 20.2 Å². The smallest absolute Gasteiger partial charge is 0.267 e. The molecule has 0 saturated heterocycles. The maximum atomic E-state index is 13.4. The summed E-state index contributed by atoms with van der Waals surface area (Å²) in [6, 6.07) is 22.9. The van der Waals surface area contributed by atoms with E-state index >= 15 is 0 Å². The molecule has 7 nitrogen and oxygen atoms in total. The number of methoxy groups -OCH3 is 1. The molecule has 0 radical (unpaired) electrons. The molecular weight excluding hydrogens is 464 g/mol. The van der Waals surface area contributed by atoms with Crippen molar-refractivity contribution in [3.05, 3.63) is 108 Å². The molecule has 0 aliphatic carbocycles. The van der Waals surface area contributed by atoms with E-state index in [9.17, 15) is 9.59 Å². The van der Waals surface area contributed by atoms with E-state index in [1.54, 1.807) is 30.3 Å². The monoisotopic (exact) mass is 492 g/mol. The van der Waals surface area contributed by atoms with Crippen LogP contribution in [0.15, 0.2) is 90.9 Å². The summed E-state index contributed by atoms with van der Waals surface area (Å²) in [6.07, 6.45) is 6.28. The molecule has 5 aromatic rings. The zero-order valence-electron chi connectivity index (χ0n) is 20.7. The average molecular weight is 493 g/mol. The third kappa shape index (κ3) is 4.97. The van der Waals surface area contributed by atoms with Crippen LogP contribution in [0.5, 0.6) is 5.75 Å². The van der Waals surface area contributed by atoms with Gasteiger partial charge in [-0.3, -0.25) is 9.59 Å².